The number of aromatic nitrogens is 6. The number of rotatable bonds is 8. The van der Waals surface area contributed by atoms with Crippen LogP contribution in [0.1, 0.15) is 23.7 Å². The molecule has 11 nitrogen and oxygen atoms in total. The number of methoxy groups -OCH3 is 1. The quantitative estimate of drug-likeness (QED) is 0.384. The van der Waals surface area contributed by atoms with Crippen molar-refractivity contribution < 1.29 is 9.53 Å². The first-order chi connectivity index (χ1) is 16.8. The Kier molecular flexibility index (Phi) is 6.58. The van der Waals surface area contributed by atoms with Crippen LogP contribution in [0.15, 0.2) is 53.8 Å². The molecule has 0 spiro atoms. The zero-order chi connectivity index (χ0) is 25.1. The van der Waals surface area contributed by atoms with E-state index in [4.69, 9.17) is 4.74 Å². The Balaban J connectivity index is 1.84. The number of nitrogens with zero attached hydrogens (tertiary/aromatic N) is 7. The van der Waals surface area contributed by atoms with E-state index in [1.165, 1.54) is 6.20 Å². The summed E-state index contributed by atoms with van der Waals surface area (Å²) >= 11 is 0. The molecule has 0 fully saturated rings. The lowest BCUT2D eigenvalue weighted by Gasteiger charge is -2.26. The van der Waals surface area contributed by atoms with Gasteiger partial charge in [-0.3, -0.25) is 14.5 Å². The van der Waals surface area contributed by atoms with Gasteiger partial charge >= 0.3 is 5.69 Å². The number of ether oxygens (including phenoxy) is 1. The number of aromatic amines is 1. The summed E-state index contributed by atoms with van der Waals surface area (Å²) < 4.78 is 7.40. The van der Waals surface area contributed by atoms with Gasteiger partial charge in [0, 0.05) is 46.0 Å². The Bertz CT molecular complexity index is 1430. The topological polar surface area (TPSA) is 122 Å². The van der Waals surface area contributed by atoms with Crippen LogP contribution in [-0.4, -0.2) is 56.7 Å². The van der Waals surface area contributed by atoms with Crippen LogP contribution >= 0.6 is 0 Å². The summed E-state index contributed by atoms with van der Waals surface area (Å²) in [6.45, 7) is 1.81. The van der Waals surface area contributed by atoms with Gasteiger partial charge in [-0.2, -0.15) is 5.10 Å². The van der Waals surface area contributed by atoms with E-state index in [0.29, 0.717) is 40.9 Å². The van der Waals surface area contributed by atoms with Crippen molar-refractivity contribution in [2.24, 2.45) is 7.05 Å². The number of Topliss-reactive ketones (excluding diaryl/α,β-unsaturated/α-hetero) is 1. The van der Waals surface area contributed by atoms with Crippen LogP contribution in [0.25, 0.3) is 11.4 Å². The fraction of sp³-hybridized carbons (Fsp3) is 0.250. The Labute approximate surface area is 202 Å². The molecule has 0 bridgehead atoms. The normalized spacial score (nSPS) is 10.8. The Hall–Kier alpha value is -4.54. The number of pyridine rings is 1. The molecular formula is C24H26N8O3. The van der Waals surface area contributed by atoms with Gasteiger partial charge in [-0.15, -0.1) is 0 Å². The van der Waals surface area contributed by atoms with Gasteiger partial charge in [-0.1, -0.05) is 13.0 Å². The highest BCUT2D eigenvalue weighted by molar-refractivity contribution is 6.02. The fourth-order valence-corrected chi connectivity index (χ4v) is 3.75. The largest absolute Gasteiger partial charge is 0.494 e. The number of nitrogens with one attached hydrogen (secondary N) is 1. The van der Waals surface area contributed by atoms with Crippen LogP contribution in [-0.2, 0) is 7.05 Å². The zero-order valence-corrected chi connectivity index (χ0v) is 20.2. The standard InChI is InChI=1S/C24H26N8O3/c1-6-19(33)16-13-26-21(32(4)20-10-11-25-24(34)28-20)12-18(16)31(3)17-9-7-8-15(22(17)35-5)23-27-14-30(2)29-23/h7-14H,6H2,1-5H3,(H,25,28,34). The third-order valence-corrected chi connectivity index (χ3v) is 5.61. The number of hydrogen-bond acceptors (Lipinski definition) is 9. The van der Waals surface area contributed by atoms with Crippen molar-refractivity contribution in [3.8, 4) is 17.1 Å². The molecule has 1 N–H and O–H groups in total. The minimum absolute atomic E-state index is 0.0487. The van der Waals surface area contributed by atoms with Crippen molar-refractivity contribution in [3.63, 3.8) is 0 Å². The number of carbonyl (C=O) groups excluding carboxylic acids is 1. The van der Waals surface area contributed by atoms with Gasteiger partial charge in [0.2, 0.25) is 0 Å². The smallest absolute Gasteiger partial charge is 0.346 e. The molecule has 1 aromatic carbocycles. The summed E-state index contributed by atoms with van der Waals surface area (Å²) in [5, 5.41) is 4.40. The van der Waals surface area contributed by atoms with Gasteiger partial charge in [-0.25, -0.2) is 19.7 Å². The lowest BCUT2D eigenvalue weighted by Crippen LogP contribution is -2.20. The maximum atomic E-state index is 12.8. The molecule has 0 atom stereocenters. The molecule has 0 saturated carbocycles. The van der Waals surface area contributed by atoms with E-state index < -0.39 is 5.69 Å². The van der Waals surface area contributed by atoms with Crippen LogP contribution < -0.4 is 20.2 Å². The zero-order valence-electron chi connectivity index (χ0n) is 20.2. The molecule has 0 unspecified atom stereocenters. The first-order valence-electron chi connectivity index (χ1n) is 10.9. The molecule has 35 heavy (non-hydrogen) atoms. The second-order valence-electron chi connectivity index (χ2n) is 7.81. The number of aryl methyl sites for hydroxylation is 1. The molecule has 3 heterocycles. The first kappa shape index (κ1) is 23.6. The van der Waals surface area contributed by atoms with Crippen molar-refractivity contribution in [2.45, 2.75) is 13.3 Å². The maximum Gasteiger partial charge on any atom is 0.346 e. The molecule has 0 aliphatic heterocycles. The summed E-state index contributed by atoms with van der Waals surface area (Å²) in [6, 6.07) is 9.14. The van der Waals surface area contributed by atoms with Gasteiger partial charge in [0.1, 0.15) is 18.0 Å². The van der Waals surface area contributed by atoms with Crippen LogP contribution in [0.3, 0.4) is 0 Å². The van der Waals surface area contributed by atoms with E-state index in [2.05, 4.69) is 25.0 Å². The van der Waals surface area contributed by atoms with Crippen LogP contribution in [0, 0.1) is 0 Å². The van der Waals surface area contributed by atoms with Gasteiger partial charge in [0.25, 0.3) is 0 Å². The molecule has 11 heteroatoms. The average Bonchev–Trinajstić information content (AvgIpc) is 3.32. The lowest BCUT2D eigenvalue weighted by molar-refractivity contribution is 0.0988. The predicted molar refractivity (Wildman–Crippen MR) is 133 cm³/mol. The number of carbonyl (C=O) groups is 1. The minimum atomic E-state index is -0.464. The highest BCUT2D eigenvalue weighted by Gasteiger charge is 2.22. The monoisotopic (exact) mass is 474 g/mol. The minimum Gasteiger partial charge on any atom is -0.494 e. The van der Waals surface area contributed by atoms with Gasteiger partial charge in [0.05, 0.1) is 29.6 Å². The Morgan fingerprint density at radius 3 is 2.57 bits per heavy atom. The number of anilines is 4. The second kappa shape index (κ2) is 9.75. The van der Waals surface area contributed by atoms with E-state index >= 15 is 0 Å². The molecule has 0 aliphatic rings. The molecular weight excluding hydrogens is 448 g/mol. The van der Waals surface area contributed by atoms with Crippen LogP contribution in [0.2, 0.25) is 0 Å². The Morgan fingerprint density at radius 1 is 1.11 bits per heavy atom. The van der Waals surface area contributed by atoms with E-state index in [1.54, 1.807) is 55.4 Å². The van der Waals surface area contributed by atoms with Gasteiger partial charge in [0.15, 0.2) is 17.4 Å². The number of benzene rings is 1. The molecule has 0 saturated heterocycles. The molecule has 4 rings (SSSR count). The van der Waals surface area contributed by atoms with Crippen LogP contribution in [0.5, 0.6) is 5.75 Å². The molecule has 0 radical (unpaired) electrons. The molecule has 3 aromatic heterocycles. The van der Waals surface area contributed by atoms with Crippen LogP contribution in [0.4, 0.5) is 23.0 Å². The highest BCUT2D eigenvalue weighted by Crippen LogP contribution is 2.41. The maximum absolute atomic E-state index is 12.8. The number of H-pyrrole nitrogens is 1. The van der Waals surface area contributed by atoms with E-state index in [0.717, 1.165) is 11.3 Å². The molecule has 0 amide bonds. The first-order valence-corrected chi connectivity index (χ1v) is 10.9. The van der Waals surface area contributed by atoms with Crippen molar-refractivity contribution in [1.29, 1.82) is 0 Å². The summed E-state index contributed by atoms with van der Waals surface area (Å²) in [6.07, 6.45) is 4.93. The Morgan fingerprint density at radius 2 is 1.91 bits per heavy atom. The van der Waals surface area contributed by atoms with Crippen molar-refractivity contribution in [1.82, 2.24) is 29.7 Å². The molecule has 4 aromatic rings. The van der Waals surface area contributed by atoms with E-state index in [1.807, 2.05) is 37.1 Å². The summed E-state index contributed by atoms with van der Waals surface area (Å²) in [5.74, 6) is 2.10. The second-order valence-corrected chi connectivity index (χ2v) is 7.81. The van der Waals surface area contributed by atoms with Gasteiger partial charge < -0.3 is 14.5 Å². The number of para-hydroxylation sites is 1. The highest BCUT2D eigenvalue weighted by atomic mass is 16.5. The van der Waals surface area contributed by atoms with Gasteiger partial charge in [-0.05, 0) is 18.2 Å². The van der Waals surface area contributed by atoms with E-state index in [-0.39, 0.29) is 5.78 Å². The molecule has 0 aliphatic carbocycles. The van der Waals surface area contributed by atoms with Crippen molar-refractivity contribution >= 4 is 28.8 Å². The van der Waals surface area contributed by atoms with Crippen molar-refractivity contribution in [3.05, 3.63) is 65.1 Å². The fourth-order valence-electron chi connectivity index (χ4n) is 3.75. The lowest BCUT2D eigenvalue weighted by atomic mass is 10.1. The third-order valence-electron chi connectivity index (χ3n) is 5.61. The number of ketones is 1. The summed E-state index contributed by atoms with van der Waals surface area (Å²) in [5.41, 5.74) is 2.09. The SMILES string of the molecule is CCC(=O)c1cnc(N(C)c2ccnc(=O)[nH]2)cc1N(C)c1cccc(-c2ncn(C)n2)c1OC. The average molecular weight is 475 g/mol. The summed E-state index contributed by atoms with van der Waals surface area (Å²) in [4.78, 5) is 43.3. The number of hydrogen-bond donors (Lipinski definition) is 1. The van der Waals surface area contributed by atoms with Crippen molar-refractivity contribution in [2.75, 3.05) is 31.0 Å². The third kappa shape index (κ3) is 4.60. The predicted octanol–water partition coefficient (Wildman–Crippen LogP) is 3.10. The summed E-state index contributed by atoms with van der Waals surface area (Å²) in [7, 11) is 7.01. The molecule has 180 valence electrons. The van der Waals surface area contributed by atoms with E-state index in [9.17, 15) is 9.59 Å².